The summed E-state index contributed by atoms with van der Waals surface area (Å²) in [6.07, 6.45) is 10.7. The molecule has 0 radical (unpaired) electrons. The van der Waals surface area contributed by atoms with Crippen LogP contribution in [0.25, 0.3) is 0 Å². The molecule has 0 aromatic rings. The van der Waals surface area contributed by atoms with Crippen molar-refractivity contribution < 1.29 is 0 Å². The van der Waals surface area contributed by atoms with E-state index in [2.05, 4.69) is 17.2 Å². The summed E-state index contributed by atoms with van der Waals surface area (Å²) in [5, 5.41) is 3.22. The molecule has 3 N–H and O–H groups in total. The Morgan fingerprint density at radius 3 is 2.65 bits per heavy atom. The van der Waals surface area contributed by atoms with Gasteiger partial charge in [-0.25, -0.2) is 0 Å². The molecule has 0 aliphatic heterocycles. The topological polar surface area (TPSA) is 50.4 Å². The highest BCUT2D eigenvalue weighted by molar-refractivity contribution is 14.0. The SMILES string of the molecule is CCCCN=C(N)NCCC1CCCCC1.I. The summed E-state index contributed by atoms with van der Waals surface area (Å²) < 4.78 is 0. The van der Waals surface area contributed by atoms with Crippen LogP contribution in [0.3, 0.4) is 0 Å². The van der Waals surface area contributed by atoms with Gasteiger partial charge in [-0.1, -0.05) is 45.4 Å². The maximum atomic E-state index is 5.77. The van der Waals surface area contributed by atoms with Gasteiger partial charge in [-0.2, -0.15) is 0 Å². The Hall–Kier alpha value is 0. The van der Waals surface area contributed by atoms with Gasteiger partial charge in [0.25, 0.3) is 0 Å². The van der Waals surface area contributed by atoms with Crippen LogP contribution in [-0.2, 0) is 0 Å². The highest BCUT2D eigenvalue weighted by atomic mass is 127. The monoisotopic (exact) mass is 353 g/mol. The molecule has 3 nitrogen and oxygen atoms in total. The summed E-state index contributed by atoms with van der Waals surface area (Å²) in [7, 11) is 0. The lowest BCUT2D eigenvalue weighted by atomic mass is 9.87. The minimum absolute atomic E-state index is 0. The number of nitrogens with two attached hydrogens (primary N) is 1. The lowest BCUT2D eigenvalue weighted by Gasteiger charge is -2.21. The lowest BCUT2D eigenvalue weighted by molar-refractivity contribution is 0.339. The molecule has 0 aromatic carbocycles. The van der Waals surface area contributed by atoms with E-state index >= 15 is 0 Å². The van der Waals surface area contributed by atoms with E-state index in [0.29, 0.717) is 5.96 Å². The first-order chi connectivity index (χ1) is 7.83. The molecule has 17 heavy (non-hydrogen) atoms. The number of hydrogen-bond acceptors (Lipinski definition) is 1. The molecule has 0 unspecified atom stereocenters. The number of nitrogens with zero attached hydrogens (tertiary/aromatic N) is 1. The van der Waals surface area contributed by atoms with E-state index < -0.39 is 0 Å². The van der Waals surface area contributed by atoms with Crippen LogP contribution >= 0.6 is 24.0 Å². The van der Waals surface area contributed by atoms with Crippen molar-refractivity contribution in [3.05, 3.63) is 0 Å². The van der Waals surface area contributed by atoms with Crippen LogP contribution < -0.4 is 11.1 Å². The maximum absolute atomic E-state index is 5.77. The zero-order valence-electron chi connectivity index (χ0n) is 11.1. The zero-order valence-corrected chi connectivity index (χ0v) is 13.4. The maximum Gasteiger partial charge on any atom is 0.188 e. The molecule has 0 heterocycles. The minimum atomic E-state index is 0. The van der Waals surface area contributed by atoms with Crippen molar-refractivity contribution >= 4 is 29.9 Å². The van der Waals surface area contributed by atoms with Crippen LogP contribution in [-0.4, -0.2) is 19.0 Å². The number of guanidine groups is 1. The molecule has 0 atom stereocenters. The number of unbranched alkanes of at least 4 members (excludes halogenated alkanes) is 1. The first kappa shape index (κ1) is 17.0. The Bertz CT molecular complexity index is 201. The fraction of sp³-hybridized carbons (Fsp3) is 0.923. The quantitative estimate of drug-likeness (QED) is 0.333. The van der Waals surface area contributed by atoms with E-state index in [1.807, 2.05) is 0 Å². The molecule has 4 heteroatoms. The Morgan fingerprint density at radius 2 is 2.00 bits per heavy atom. The number of halogens is 1. The van der Waals surface area contributed by atoms with Crippen molar-refractivity contribution in [2.45, 2.75) is 58.3 Å². The lowest BCUT2D eigenvalue weighted by Crippen LogP contribution is -2.33. The van der Waals surface area contributed by atoms with Crippen molar-refractivity contribution in [1.29, 1.82) is 0 Å². The molecule has 0 spiro atoms. The molecule has 102 valence electrons. The second-order valence-electron chi connectivity index (χ2n) is 4.84. The van der Waals surface area contributed by atoms with E-state index in [0.717, 1.165) is 25.4 Å². The number of rotatable bonds is 6. The fourth-order valence-electron chi connectivity index (χ4n) is 2.29. The molecule has 0 amide bonds. The zero-order chi connectivity index (χ0) is 11.6. The van der Waals surface area contributed by atoms with Gasteiger partial charge in [-0.15, -0.1) is 24.0 Å². The summed E-state index contributed by atoms with van der Waals surface area (Å²) in [6.45, 7) is 4.02. The third kappa shape index (κ3) is 8.69. The predicted octanol–water partition coefficient (Wildman–Crippen LogP) is 3.28. The Kier molecular flexibility index (Phi) is 11.1. The van der Waals surface area contributed by atoms with Crippen LogP contribution in [0.4, 0.5) is 0 Å². The third-order valence-corrected chi connectivity index (χ3v) is 3.38. The average Bonchev–Trinajstić information content (AvgIpc) is 2.31. The number of hydrogen-bond donors (Lipinski definition) is 2. The van der Waals surface area contributed by atoms with Crippen molar-refractivity contribution in [2.24, 2.45) is 16.6 Å². The van der Waals surface area contributed by atoms with E-state index in [4.69, 9.17) is 5.73 Å². The summed E-state index contributed by atoms with van der Waals surface area (Å²) >= 11 is 0. The van der Waals surface area contributed by atoms with Gasteiger partial charge in [-0.05, 0) is 18.8 Å². The molecule has 1 aliphatic rings. The fourth-order valence-corrected chi connectivity index (χ4v) is 2.29. The van der Waals surface area contributed by atoms with Crippen LogP contribution in [0.5, 0.6) is 0 Å². The molecule has 1 saturated carbocycles. The molecule has 0 aromatic heterocycles. The van der Waals surface area contributed by atoms with Crippen LogP contribution in [0.1, 0.15) is 58.3 Å². The van der Waals surface area contributed by atoms with E-state index in [-0.39, 0.29) is 24.0 Å². The van der Waals surface area contributed by atoms with Crippen LogP contribution in [0.15, 0.2) is 4.99 Å². The Labute approximate surface area is 123 Å². The first-order valence-corrected chi connectivity index (χ1v) is 6.86. The summed E-state index contributed by atoms with van der Waals surface area (Å²) in [5.41, 5.74) is 5.77. The summed E-state index contributed by atoms with van der Waals surface area (Å²) in [5.74, 6) is 1.55. The summed E-state index contributed by atoms with van der Waals surface area (Å²) in [4.78, 5) is 4.28. The van der Waals surface area contributed by atoms with Gasteiger partial charge in [0.05, 0.1) is 0 Å². The van der Waals surface area contributed by atoms with Gasteiger partial charge in [0.2, 0.25) is 0 Å². The predicted molar refractivity (Wildman–Crippen MR) is 86.0 cm³/mol. The molecule has 1 fully saturated rings. The third-order valence-electron chi connectivity index (χ3n) is 3.38. The second-order valence-corrected chi connectivity index (χ2v) is 4.84. The second kappa shape index (κ2) is 11.1. The van der Waals surface area contributed by atoms with E-state index in [1.165, 1.54) is 44.9 Å². The minimum Gasteiger partial charge on any atom is -0.370 e. The van der Waals surface area contributed by atoms with Gasteiger partial charge in [0.15, 0.2) is 5.96 Å². The largest absolute Gasteiger partial charge is 0.370 e. The highest BCUT2D eigenvalue weighted by Crippen LogP contribution is 2.25. The summed E-state index contributed by atoms with van der Waals surface area (Å²) in [6, 6.07) is 0. The molecular formula is C13H28IN3. The smallest absolute Gasteiger partial charge is 0.188 e. The highest BCUT2D eigenvalue weighted by Gasteiger charge is 2.12. The standard InChI is InChI=1S/C13H27N3.HI/c1-2-3-10-15-13(14)16-11-9-12-7-5-4-6-8-12;/h12H,2-11H2,1H3,(H3,14,15,16);1H. The normalized spacial score (nSPS) is 17.6. The van der Waals surface area contributed by atoms with Crippen molar-refractivity contribution in [1.82, 2.24) is 5.32 Å². The molecule has 0 bridgehead atoms. The van der Waals surface area contributed by atoms with E-state index in [9.17, 15) is 0 Å². The van der Waals surface area contributed by atoms with Crippen molar-refractivity contribution in [2.75, 3.05) is 13.1 Å². The Balaban J connectivity index is 0.00000256. The molecule has 0 saturated heterocycles. The first-order valence-electron chi connectivity index (χ1n) is 6.86. The van der Waals surface area contributed by atoms with Crippen molar-refractivity contribution in [3.63, 3.8) is 0 Å². The van der Waals surface area contributed by atoms with Crippen molar-refractivity contribution in [3.8, 4) is 0 Å². The van der Waals surface area contributed by atoms with E-state index in [1.54, 1.807) is 0 Å². The van der Waals surface area contributed by atoms with Gasteiger partial charge in [0, 0.05) is 13.1 Å². The van der Waals surface area contributed by atoms with Gasteiger partial charge < -0.3 is 11.1 Å². The van der Waals surface area contributed by atoms with Gasteiger partial charge in [-0.3, -0.25) is 4.99 Å². The van der Waals surface area contributed by atoms with Crippen LogP contribution in [0, 0.1) is 5.92 Å². The van der Waals surface area contributed by atoms with Gasteiger partial charge in [0.1, 0.15) is 0 Å². The van der Waals surface area contributed by atoms with Crippen LogP contribution in [0.2, 0.25) is 0 Å². The Morgan fingerprint density at radius 1 is 1.29 bits per heavy atom. The number of aliphatic imine (C=N–C) groups is 1. The molecule has 1 rings (SSSR count). The average molecular weight is 353 g/mol. The molecule has 1 aliphatic carbocycles. The van der Waals surface area contributed by atoms with Gasteiger partial charge >= 0.3 is 0 Å². The molecular weight excluding hydrogens is 325 g/mol. The number of nitrogens with one attached hydrogen (secondary N) is 1.